The second-order valence-corrected chi connectivity index (χ2v) is 11.7. The van der Waals surface area contributed by atoms with Gasteiger partial charge in [0.25, 0.3) is 0 Å². The minimum Gasteiger partial charge on any atom is -0.455 e. The molecule has 3 heterocycles. The number of carbonyl (C=O) groups is 1. The van der Waals surface area contributed by atoms with Gasteiger partial charge < -0.3 is 4.74 Å². The van der Waals surface area contributed by atoms with Gasteiger partial charge in [-0.1, -0.05) is 17.7 Å². The van der Waals surface area contributed by atoms with E-state index in [9.17, 15) is 4.79 Å². The second-order valence-electron chi connectivity index (χ2n) is 10.9. The van der Waals surface area contributed by atoms with Gasteiger partial charge in [0.2, 0.25) is 0 Å². The Labute approximate surface area is 212 Å². The van der Waals surface area contributed by atoms with E-state index in [4.69, 9.17) is 4.74 Å². The molecule has 35 heavy (non-hydrogen) atoms. The van der Waals surface area contributed by atoms with Crippen molar-refractivity contribution in [1.29, 1.82) is 0 Å². The molecule has 0 radical (unpaired) electrons. The number of piperidine rings is 1. The zero-order valence-electron chi connectivity index (χ0n) is 21.7. The number of carbonyl (C=O) groups excluding carboxylic acids is 1. The van der Waals surface area contributed by atoms with E-state index in [2.05, 4.69) is 59.0 Å². The molecule has 3 aromatic rings. The maximum Gasteiger partial charge on any atom is 0.359 e. The molecule has 1 aromatic carbocycles. The average Bonchev–Trinajstić information content (AvgIpc) is 3.48. The molecule has 1 aliphatic rings. The summed E-state index contributed by atoms with van der Waals surface area (Å²) in [6.07, 6.45) is 5.88. The van der Waals surface area contributed by atoms with Crippen LogP contribution in [0.2, 0.25) is 0 Å². The number of benzene rings is 1. The van der Waals surface area contributed by atoms with Crippen LogP contribution in [0.3, 0.4) is 0 Å². The molecular formula is C27H37N5O2S. The van der Waals surface area contributed by atoms with Gasteiger partial charge in [-0.3, -0.25) is 14.5 Å². The lowest BCUT2D eigenvalue weighted by atomic mass is 9.87. The number of thiazole rings is 1. The second kappa shape index (κ2) is 10.2. The van der Waals surface area contributed by atoms with E-state index in [0.717, 1.165) is 37.5 Å². The molecule has 2 aromatic heterocycles. The van der Waals surface area contributed by atoms with Crippen molar-refractivity contribution in [3.63, 3.8) is 0 Å². The largest absolute Gasteiger partial charge is 0.455 e. The van der Waals surface area contributed by atoms with Crippen LogP contribution >= 0.6 is 11.3 Å². The van der Waals surface area contributed by atoms with E-state index in [-0.39, 0.29) is 11.5 Å². The summed E-state index contributed by atoms with van der Waals surface area (Å²) in [7, 11) is 2.24. The van der Waals surface area contributed by atoms with Crippen molar-refractivity contribution >= 4 is 17.3 Å². The molecule has 0 amide bonds. The van der Waals surface area contributed by atoms with Crippen molar-refractivity contribution in [2.45, 2.75) is 71.8 Å². The predicted octanol–water partition coefficient (Wildman–Crippen LogP) is 5.21. The number of esters is 1. The molecule has 0 spiro atoms. The van der Waals surface area contributed by atoms with Crippen LogP contribution in [-0.4, -0.2) is 61.8 Å². The van der Waals surface area contributed by atoms with Crippen molar-refractivity contribution < 1.29 is 9.53 Å². The number of likely N-dealkylation sites (tertiary alicyclic amines) is 1. The molecule has 0 bridgehead atoms. The molecular weight excluding hydrogens is 458 g/mol. The maximum atomic E-state index is 12.3. The Hall–Kier alpha value is -2.55. The van der Waals surface area contributed by atoms with Crippen LogP contribution in [0.15, 0.2) is 42.0 Å². The summed E-state index contributed by atoms with van der Waals surface area (Å²) in [5.74, 6) is -0.377. The van der Waals surface area contributed by atoms with Crippen LogP contribution in [0.25, 0.3) is 10.6 Å². The zero-order chi connectivity index (χ0) is 25.2. The summed E-state index contributed by atoms with van der Waals surface area (Å²) in [5, 5.41) is 7.57. The standard InChI is InChI=1S/C27H37N5O2S/c1-20-7-8-21(22(17-20)24-28-12-16-35-24)18-30(6)27(5)10-14-31(15-11-27)19-32-13-9-23(29-32)25(33)34-26(2,3)4/h7-9,12-13,16-17H,10-11,14-15,18-19H2,1-6H3. The summed E-state index contributed by atoms with van der Waals surface area (Å²) < 4.78 is 7.26. The smallest absolute Gasteiger partial charge is 0.359 e. The van der Waals surface area contributed by atoms with E-state index in [1.54, 1.807) is 17.4 Å². The molecule has 1 fully saturated rings. The van der Waals surface area contributed by atoms with Crippen molar-refractivity contribution in [3.05, 3.63) is 58.9 Å². The Bertz CT molecular complexity index is 1140. The lowest BCUT2D eigenvalue weighted by Crippen LogP contribution is -2.51. The van der Waals surface area contributed by atoms with Gasteiger partial charge in [0.05, 0.1) is 6.67 Å². The zero-order valence-corrected chi connectivity index (χ0v) is 22.6. The summed E-state index contributed by atoms with van der Waals surface area (Å²) in [6, 6.07) is 8.43. The normalized spacial score (nSPS) is 16.5. The highest BCUT2D eigenvalue weighted by Gasteiger charge is 2.34. The van der Waals surface area contributed by atoms with Gasteiger partial charge >= 0.3 is 5.97 Å². The van der Waals surface area contributed by atoms with Gasteiger partial charge in [0.1, 0.15) is 10.6 Å². The molecule has 7 nitrogen and oxygen atoms in total. The predicted molar refractivity (Wildman–Crippen MR) is 140 cm³/mol. The lowest BCUT2D eigenvalue weighted by Gasteiger charge is -2.45. The van der Waals surface area contributed by atoms with Crippen LogP contribution in [0.5, 0.6) is 0 Å². The van der Waals surface area contributed by atoms with E-state index < -0.39 is 5.60 Å². The molecule has 188 valence electrons. The molecule has 0 N–H and O–H groups in total. The van der Waals surface area contributed by atoms with Crippen molar-refractivity contribution in [2.75, 3.05) is 20.1 Å². The van der Waals surface area contributed by atoms with Crippen LogP contribution in [0, 0.1) is 6.92 Å². The lowest BCUT2D eigenvalue weighted by molar-refractivity contribution is 0.00601. The molecule has 1 saturated heterocycles. The van der Waals surface area contributed by atoms with Gasteiger partial charge in [-0.15, -0.1) is 11.3 Å². The number of hydrogen-bond acceptors (Lipinski definition) is 7. The monoisotopic (exact) mass is 495 g/mol. The summed E-state index contributed by atoms with van der Waals surface area (Å²) >= 11 is 1.69. The molecule has 1 aliphatic heterocycles. The van der Waals surface area contributed by atoms with Gasteiger partial charge in [0.15, 0.2) is 5.69 Å². The Morgan fingerprint density at radius 1 is 1.23 bits per heavy atom. The molecule has 4 rings (SSSR count). The molecule has 0 aliphatic carbocycles. The Morgan fingerprint density at radius 3 is 2.63 bits per heavy atom. The Balaban J connectivity index is 1.35. The third-order valence-electron chi connectivity index (χ3n) is 6.78. The average molecular weight is 496 g/mol. The number of aryl methyl sites for hydroxylation is 1. The van der Waals surface area contributed by atoms with Crippen LogP contribution in [0.1, 0.15) is 62.2 Å². The highest BCUT2D eigenvalue weighted by atomic mass is 32.1. The van der Waals surface area contributed by atoms with E-state index in [1.165, 1.54) is 16.7 Å². The van der Waals surface area contributed by atoms with Crippen molar-refractivity contribution in [3.8, 4) is 10.6 Å². The third kappa shape index (κ3) is 6.37. The summed E-state index contributed by atoms with van der Waals surface area (Å²) in [6.45, 7) is 13.6. The van der Waals surface area contributed by atoms with Gasteiger partial charge in [0, 0.05) is 48.5 Å². The number of nitrogens with zero attached hydrogens (tertiary/aromatic N) is 5. The highest BCUT2D eigenvalue weighted by molar-refractivity contribution is 7.13. The topological polar surface area (TPSA) is 63.5 Å². The first-order chi connectivity index (χ1) is 16.5. The van der Waals surface area contributed by atoms with Gasteiger partial charge in [-0.2, -0.15) is 5.10 Å². The first-order valence-electron chi connectivity index (χ1n) is 12.2. The summed E-state index contributed by atoms with van der Waals surface area (Å²) in [4.78, 5) is 21.7. The summed E-state index contributed by atoms with van der Waals surface area (Å²) in [5.41, 5.74) is 3.78. The fourth-order valence-corrected chi connectivity index (χ4v) is 5.16. The number of hydrogen-bond donors (Lipinski definition) is 0. The molecule has 0 atom stereocenters. The van der Waals surface area contributed by atoms with Crippen LogP contribution in [-0.2, 0) is 18.0 Å². The van der Waals surface area contributed by atoms with E-state index >= 15 is 0 Å². The number of ether oxygens (including phenoxy) is 1. The van der Waals surface area contributed by atoms with Crippen LogP contribution < -0.4 is 0 Å². The van der Waals surface area contributed by atoms with E-state index in [0.29, 0.717) is 12.4 Å². The van der Waals surface area contributed by atoms with Crippen molar-refractivity contribution in [1.82, 2.24) is 24.6 Å². The fraction of sp³-hybridized carbons (Fsp3) is 0.519. The van der Waals surface area contributed by atoms with Crippen molar-refractivity contribution in [2.24, 2.45) is 0 Å². The Kier molecular flexibility index (Phi) is 7.45. The SMILES string of the molecule is Cc1ccc(CN(C)C2(C)CCN(Cn3ccc(C(=O)OC(C)(C)C)n3)CC2)c(-c2nccs2)c1. The first-order valence-corrected chi connectivity index (χ1v) is 13.1. The van der Waals surface area contributed by atoms with Gasteiger partial charge in [-0.05, 0) is 72.2 Å². The minimum absolute atomic E-state index is 0.118. The van der Waals surface area contributed by atoms with Crippen LogP contribution in [0.4, 0.5) is 0 Å². The minimum atomic E-state index is -0.524. The maximum absolute atomic E-state index is 12.3. The quantitative estimate of drug-likeness (QED) is 0.419. The third-order valence-corrected chi connectivity index (χ3v) is 7.59. The molecule has 8 heteroatoms. The first kappa shape index (κ1) is 25.5. The molecule has 0 saturated carbocycles. The van der Waals surface area contributed by atoms with E-state index in [1.807, 2.05) is 43.2 Å². The Morgan fingerprint density at radius 2 is 1.97 bits per heavy atom. The highest BCUT2D eigenvalue weighted by Crippen LogP contribution is 2.32. The fourth-order valence-electron chi connectivity index (χ4n) is 4.47. The van der Waals surface area contributed by atoms with Gasteiger partial charge in [-0.25, -0.2) is 9.78 Å². The number of aromatic nitrogens is 3. The molecule has 0 unspecified atom stereocenters. The number of rotatable bonds is 7.